The predicted octanol–water partition coefficient (Wildman–Crippen LogP) is 7.28. The Morgan fingerprint density at radius 2 is 1.10 bits per heavy atom. The maximum atomic E-state index is 14.1. The molecular formula is C16H11F14. The van der Waals surface area contributed by atoms with Crippen molar-refractivity contribution < 1.29 is 61.5 Å². The van der Waals surface area contributed by atoms with Crippen LogP contribution in [0.2, 0.25) is 0 Å². The normalized spacial score (nSPS) is 15.1. The second kappa shape index (κ2) is 7.43. The zero-order valence-corrected chi connectivity index (χ0v) is 14.5. The van der Waals surface area contributed by atoms with Crippen molar-refractivity contribution in [2.45, 2.75) is 49.4 Å². The van der Waals surface area contributed by atoms with Crippen molar-refractivity contribution in [3.8, 4) is 0 Å². The first-order chi connectivity index (χ1) is 13.0. The van der Waals surface area contributed by atoms with Gasteiger partial charge in [0.25, 0.3) is 0 Å². The van der Waals surface area contributed by atoms with E-state index in [2.05, 4.69) is 6.92 Å². The number of hydrogen-bond acceptors (Lipinski definition) is 0. The Kier molecular flexibility index (Phi) is 6.51. The highest BCUT2D eigenvalue weighted by atomic mass is 19.4. The van der Waals surface area contributed by atoms with Crippen molar-refractivity contribution >= 4 is 0 Å². The zero-order chi connectivity index (χ0) is 24.1. The molecule has 0 bridgehead atoms. The van der Waals surface area contributed by atoms with Gasteiger partial charge in [-0.2, -0.15) is 61.5 Å². The molecule has 0 aliphatic heterocycles. The number of hydrogen-bond donors (Lipinski definition) is 0. The van der Waals surface area contributed by atoms with Crippen LogP contribution >= 0.6 is 0 Å². The number of rotatable bonds is 6. The van der Waals surface area contributed by atoms with E-state index in [-0.39, 0.29) is 12.1 Å². The first kappa shape index (κ1) is 26.3. The molecular weight excluding hydrogens is 458 g/mol. The molecule has 0 amide bonds. The monoisotopic (exact) mass is 469 g/mol. The second-order valence-corrected chi connectivity index (χ2v) is 6.47. The van der Waals surface area contributed by atoms with Gasteiger partial charge in [0.15, 0.2) is 0 Å². The first-order valence-corrected chi connectivity index (χ1v) is 7.63. The fourth-order valence-corrected chi connectivity index (χ4v) is 2.32. The molecule has 1 atom stereocenters. The third kappa shape index (κ3) is 4.18. The molecule has 1 rings (SSSR count). The van der Waals surface area contributed by atoms with Gasteiger partial charge in [0.05, 0.1) is 0 Å². The lowest BCUT2D eigenvalue weighted by Gasteiger charge is -2.32. The molecule has 30 heavy (non-hydrogen) atoms. The lowest BCUT2D eigenvalue weighted by molar-refractivity contribution is -0.361. The van der Waals surface area contributed by atoms with E-state index in [1.165, 1.54) is 0 Å². The molecule has 1 aromatic rings. The van der Waals surface area contributed by atoms with Crippen LogP contribution in [-0.4, -0.2) is 24.2 Å². The molecule has 0 heterocycles. The van der Waals surface area contributed by atoms with Crippen LogP contribution < -0.4 is 0 Å². The highest BCUT2D eigenvalue weighted by Crippen LogP contribution is 2.55. The quantitative estimate of drug-likeness (QED) is 0.385. The van der Waals surface area contributed by atoms with Crippen LogP contribution in [0.3, 0.4) is 0 Å². The fourth-order valence-electron chi connectivity index (χ4n) is 2.32. The summed E-state index contributed by atoms with van der Waals surface area (Å²) in [5.74, 6) is -27.2. The van der Waals surface area contributed by atoms with E-state index in [0.717, 1.165) is 6.92 Å². The van der Waals surface area contributed by atoms with Gasteiger partial charge < -0.3 is 0 Å². The zero-order valence-electron chi connectivity index (χ0n) is 14.5. The van der Waals surface area contributed by atoms with Crippen LogP contribution in [0.4, 0.5) is 61.5 Å². The van der Waals surface area contributed by atoms with Gasteiger partial charge in [-0.3, -0.25) is 0 Å². The Labute approximate surface area is 159 Å². The summed E-state index contributed by atoms with van der Waals surface area (Å²) in [6.45, 7) is 4.40. The fraction of sp³-hybridized carbons (Fsp3) is 0.562. The highest BCUT2D eigenvalue weighted by molar-refractivity contribution is 5.40. The topological polar surface area (TPSA) is 0 Å². The third-order valence-corrected chi connectivity index (χ3v) is 3.88. The Hall–Kier alpha value is -1.76. The van der Waals surface area contributed by atoms with Gasteiger partial charge >= 0.3 is 36.0 Å². The molecule has 0 saturated carbocycles. The van der Waals surface area contributed by atoms with Crippen molar-refractivity contribution in [3.63, 3.8) is 0 Å². The van der Waals surface area contributed by atoms with Crippen molar-refractivity contribution in [2.24, 2.45) is 5.92 Å². The molecule has 1 aromatic carbocycles. The van der Waals surface area contributed by atoms with Crippen molar-refractivity contribution in [1.82, 2.24) is 0 Å². The molecule has 173 valence electrons. The molecule has 0 aliphatic carbocycles. The maximum Gasteiger partial charge on any atom is 0.460 e. The third-order valence-electron chi connectivity index (χ3n) is 3.88. The summed E-state index contributed by atoms with van der Waals surface area (Å²) in [5.41, 5.74) is -6.13. The molecule has 0 aromatic heterocycles. The van der Waals surface area contributed by atoms with Crippen molar-refractivity contribution in [3.05, 3.63) is 41.8 Å². The van der Waals surface area contributed by atoms with Gasteiger partial charge in [-0.15, -0.1) is 0 Å². The Balaban J connectivity index is 3.82. The highest BCUT2D eigenvalue weighted by Gasteiger charge is 2.75. The van der Waals surface area contributed by atoms with Crippen LogP contribution in [0.15, 0.2) is 18.2 Å². The lowest BCUT2D eigenvalue weighted by atomic mass is 9.88. The average Bonchev–Trinajstić information content (AvgIpc) is 2.51. The van der Waals surface area contributed by atoms with Crippen LogP contribution in [0.25, 0.3) is 0 Å². The molecule has 0 nitrogen and oxygen atoms in total. The molecule has 0 aliphatic rings. The average molecular weight is 469 g/mol. The summed E-state index contributed by atoms with van der Waals surface area (Å²) < 4.78 is 183. The Morgan fingerprint density at radius 1 is 0.700 bits per heavy atom. The summed E-state index contributed by atoms with van der Waals surface area (Å²) in [6.07, 6.45) is -14.6. The summed E-state index contributed by atoms with van der Waals surface area (Å²) >= 11 is 0. The Bertz CT molecular complexity index is 754. The summed E-state index contributed by atoms with van der Waals surface area (Å²) in [6, 6.07) is -1.05. The molecule has 0 saturated heterocycles. The van der Waals surface area contributed by atoms with Gasteiger partial charge in [-0.05, 0) is 24.0 Å². The molecule has 1 radical (unpaired) electrons. The second-order valence-electron chi connectivity index (χ2n) is 6.47. The van der Waals surface area contributed by atoms with E-state index in [1.54, 1.807) is 0 Å². The van der Waals surface area contributed by atoms with Crippen LogP contribution in [0.5, 0.6) is 0 Å². The van der Waals surface area contributed by atoms with E-state index in [1.807, 2.05) is 0 Å². The Morgan fingerprint density at radius 3 is 1.47 bits per heavy atom. The smallest absolute Gasteiger partial charge is 0.194 e. The van der Waals surface area contributed by atoms with Gasteiger partial charge in [-0.1, -0.05) is 26.0 Å². The molecule has 0 fully saturated rings. The van der Waals surface area contributed by atoms with E-state index < -0.39 is 71.1 Å². The van der Waals surface area contributed by atoms with Crippen molar-refractivity contribution in [1.29, 1.82) is 0 Å². The van der Waals surface area contributed by atoms with Crippen molar-refractivity contribution in [2.75, 3.05) is 0 Å². The molecule has 0 N–H and O–H groups in total. The first-order valence-electron chi connectivity index (χ1n) is 7.63. The SMILES string of the molecule is [CH2]C(C)Cc1ccc(C(F)(F)C(F)(F)C(F)(F)F)cc1C(F)(F)C(F)(F)C(F)(F)F. The number of alkyl halides is 14. The van der Waals surface area contributed by atoms with E-state index >= 15 is 0 Å². The standard InChI is InChI=1S/C16H11F14/c1-7(2)5-8-3-4-9(11(17,18)13(21,22)15(25,26)27)6-10(8)12(19,20)14(23,24)16(28,29)30/h3-4,6-7H,1,5H2,2H3. The van der Waals surface area contributed by atoms with Gasteiger partial charge in [0.2, 0.25) is 0 Å². The summed E-state index contributed by atoms with van der Waals surface area (Å²) in [7, 11) is 0. The minimum Gasteiger partial charge on any atom is -0.194 e. The van der Waals surface area contributed by atoms with Crippen LogP contribution in [0.1, 0.15) is 23.6 Å². The summed E-state index contributed by atoms with van der Waals surface area (Å²) in [5, 5.41) is 0. The molecule has 0 spiro atoms. The van der Waals surface area contributed by atoms with Gasteiger partial charge in [0.1, 0.15) is 0 Å². The van der Waals surface area contributed by atoms with Gasteiger partial charge in [0, 0.05) is 11.1 Å². The number of halogens is 14. The van der Waals surface area contributed by atoms with Crippen LogP contribution in [0, 0.1) is 12.8 Å². The lowest BCUT2D eigenvalue weighted by Crippen LogP contribution is -2.51. The summed E-state index contributed by atoms with van der Waals surface area (Å²) in [4.78, 5) is 0. The van der Waals surface area contributed by atoms with E-state index in [0.29, 0.717) is 0 Å². The largest absolute Gasteiger partial charge is 0.460 e. The van der Waals surface area contributed by atoms with E-state index in [9.17, 15) is 61.5 Å². The maximum absolute atomic E-state index is 14.1. The minimum absolute atomic E-state index is 0.0487. The number of benzene rings is 1. The van der Waals surface area contributed by atoms with Gasteiger partial charge in [-0.25, -0.2) is 0 Å². The minimum atomic E-state index is -6.90. The van der Waals surface area contributed by atoms with Crippen LogP contribution in [-0.2, 0) is 18.3 Å². The molecule has 14 heteroatoms. The predicted molar refractivity (Wildman–Crippen MR) is 74.5 cm³/mol. The molecule has 1 unspecified atom stereocenters. The van der Waals surface area contributed by atoms with E-state index in [4.69, 9.17) is 0 Å².